The van der Waals surface area contributed by atoms with Crippen LogP contribution in [0.4, 0.5) is 5.69 Å². The van der Waals surface area contributed by atoms with Gasteiger partial charge < -0.3 is 14.8 Å². The predicted octanol–water partition coefficient (Wildman–Crippen LogP) is 3.99. The van der Waals surface area contributed by atoms with E-state index in [1.54, 1.807) is 7.11 Å². The van der Waals surface area contributed by atoms with Crippen molar-refractivity contribution in [3.05, 3.63) is 23.3 Å². The number of nitrogens with one attached hydrogen (secondary N) is 1. The molecule has 0 aliphatic heterocycles. The minimum atomic E-state index is -0.641. The molecule has 2 rings (SSSR count). The van der Waals surface area contributed by atoms with Gasteiger partial charge in [-0.2, -0.15) is 0 Å². The molecule has 1 fully saturated rings. The number of methoxy groups -OCH3 is 1. The molecule has 1 saturated carbocycles. The molecule has 1 N–H and O–H groups in total. The average molecular weight is 305 g/mol. The first kappa shape index (κ1) is 16.8. The highest BCUT2D eigenvalue weighted by atomic mass is 16.5. The molecule has 0 bridgehead atoms. The summed E-state index contributed by atoms with van der Waals surface area (Å²) in [5.74, 6) is 0.859. The smallest absolute Gasteiger partial charge is 0.256 e. The largest absolute Gasteiger partial charge is 0.496 e. The molecular formula is C18H27NO3. The fraction of sp³-hybridized carbons (Fsp3) is 0.611. The van der Waals surface area contributed by atoms with E-state index in [0.717, 1.165) is 54.7 Å². The molecule has 0 radical (unpaired) electrons. The van der Waals surface area contributed by atoms with E-state index in [2.05, 4.69) is 12.2 Å². The summed E-state index contributed by atoms with van der Waals surface area (Å²) in [5, 5.41) is 3.05. The van der Waals surface area contributed by atoms with Crippen LogP contribution in [0.3, 0.4) is 0 Å². The van der Waals surface area contributed by atoms with Crippen LogP contribution in [0.15, 0.2) is 12.1 Å². The number of aryl methyl sites for hydroxylation is 2. The Labute approximate surface area is 133 Å². The van der Waals surface area contributed by atoms with E-state index < -0.39 is 5.60 Å². The summed E-state index contributed by atoms with van der Waals surface area (Å²) in [6.45, 7) is 6.67. The standard InChI is InChI=1S/C18H27NO3/c1-5-10-22-18(8-6-7-9-18)17(20)19-15-11-13(2)16(21-4)14(3)12-15/h11-12H,5-10H2,1-4H3,(H,19,20). The van der Waals surface area contributed by atoms with Crippen molar-refractivity contribution >= 4 is 11.6 Å². The second kappa shape index (κ2) is 7.14. The molecule has 0 unspecified atom stereocenters. The van der Waals surface area contributed by atoms with E-state index in [1.807, 2.05) is 26.0 Å². The maximum Gasteiger partial charge on any atom is 0.256 e. The third kappa shape index (κ3) is 3.43. The highest BCUT2D eigenvalue weighted by molar-refractivity contribution is 5.97. The number of hydrogen-bond donors (Lipinski definition) is 1. The summed E-state index contributed by atoms with van der Waals surface area (Å²) in [4.78, 5) is 12.8. The van der Waals surface area contributed by atoms with E-state index in [9.17, 15) is 4.79 Å². The van der Waals surface area contributed by atoms with Gasteiger partial charge in [0.2, 0.25) is 0 Å². The van der Waals surface area contributed by atoms with E-state index >= 15 is 0 Å². The van der Waals surface area contributed by atoms with Crippen molar-refractivity contribution in [1.29, 1.82) is 0 Å². The number of carbonyl (C=O) groups is 1. The average Bonchev–Trinajstić information content (AvgIpc) is 2.95. The van der Waals surface area contributed by atoms with Crippen LogP contribution in [0, 0.1) is 13.8 Å². The topological polar surface area (TPSA) is 47.6 Å². The number of anilines is 1. The maximum absolute atomic E-state index is 12.8. The first-order valence-corrected chi connectivity index (χ1v) is 8.13. The van der Waals surface area contributed by atoms with Gasteiger partial charge in [0.05, 0.1) is 7.11 Å². The van der Waals surface area contributed by atoms with Crippen molar-refractivity contribution in [3.63, 3.8) is 0 Å². The van der Waals surface area contributed by atoms with Crippen LogP contribution in [-0.4, -0.2) is 25.2 Å². The normalized spacial score (nSPS) is 16.5. The van der Waals surface area contributed by atoms with E-state index in [-0.39, 0.29) is 5.91 Å². The number of ether oxygens (including phenoxy) is 2. The zero-order valence-corrected chi connectivity index (χ0v) is 14.1. The second-order valence-electron chi connectivity index (χ2n) is 6.15. The lowest BCUT2D eigenvalue weighted by Crippen LogP contribution is -2.43. The molecule has 0 saturated heterocycles. The van der Waals surface area contributed by atoms with Gasteiger partial charge in [0.1, 0.15) is 11.4 Å². The fourth-order valence-corrected chi connectivity index (χ4v) is 3.27. The number of carbonyl (C=O) groups excluding carboxylic acids is 1. The molecule has 0 atom stereocenters. The quantitative estimate of drug-likeness (QED) is 0.864. The lowest BCUT2D eigenvalue weighted by Gasteiger charge is -2.28. The number of hydrogen-bond acceptors (Lipinski definition) is 3. The molecule has 1 aliphatic rings. The van der Waals surface area contributed by atoms with E-state index in [0.29, 0.717) is 6.61 Å². The van der Waals surface area contributed by atoms with Crippen molar-refractivity contribution in [2.24, 2.45) is 0 Å². The SMILES string of the molecule is CCCOC1(C(=O)Nc2cc(C)c(OC)c(C)c2)CCCC1. The Morgan fingerprint density at radius 1 is 1.23 bits per heavy atom. The molecule has 22 heavy (non-hydrogen) atoms. The molecular weight excluding hydrogens is 278 g/mol. The molecule has 0 aromatic heterocycles. The molecule has 1 aliphatic carbocycles. The molecule has 1 amide bonds. The fourth-order valence-electron chi connectivity index (χ4n) is 3.27. The van der Waals surface area contributed by atoms with E-state index in [4.69, 9.17) is 9.47 Å². The third-order valence-electron chi connectivity index (χ3n) is 4.33. The Morgan fingerprint density at radius 3 is 2.32 bits per heavy atom. The van der Waals surface area contributed by atoms with Crippen LogP contribution < -0.4 is 10.1 Å². The maximum atomic E-state index is 12.8. The Hall–Kier alpha value is -1.55. The first-order valence-electron chi connectivity index (χ1n) is 8.13. The van der Waals surface area contributed by atoms with Crippen molar-refractivity contribution in [1.82, 2.24) is 0 Å². The van der Waals surface area contributed by atoms with Gasteiger partial charge in [-0.3, -0.25) is 4.79 Å². The Balaban J connectivity index is 2.16. The predicted molar refractivity (Wildman–Crippen MR) is 88.5 cm³/mol. The van der Waals surface area contributed by atoms with Gasteiger partial charge in [0, 0.05) is 12.3 Å². The van der Waals surface area contributed by atoms with Crippen LogP contribution in [0.2, 0.25) is 0 Å². The van der Waals surface area contributed by atoms with Gasteiger partial charge in [-0.1, -0.05) is 6.92 Å². The Bertz CT molecular complexity index is 510. The third-order valence-corrected chi connectivity index (χ3v) is 4.33. The zero-order chi connectivity index (χ0) is 16.2. The highest BCUT2D eigenvalue weighted by Gasteiger charge is 2.42. The van der Waals surface area contributed by atoms with Gasteiger partial charge >= 0.3 is 0 Å². The van der Waals surface area contributed by atoms with Crippen molar-refractivity contribution in [2.45, 2.75) is 58.5 Å². The van der Waals surface area contributed by atoms with Gasteiger partial charge in [0.15, 0.2) is 0 Å². The molecule has 4 heteroatoms. The van der Waals surface area contributed by atoms with Crippen molar-refractivity contribution < 1.29 is 14.3 Å². The molecule has 4 nitrogen and oxygen atoms in total. The van der Waals surface area contributed by atoms with Crippen molar-refractivity contribution in [3.8, 4) is 5.75 Å². The Kier molecular flexibility index (Phi) is 5.46. The lowest BCUT2D eigenvalue weighted by molar-refractivity contribution is -0.140. The molecule has 0 heterocycles. The summed E-state index contributed by atoms with van der Waals surface area (Å²) in [6.07, 6.45) is 4.66. The number of rotatable bonds is 6. The number of amides is 1. The summed E-state index contributed by atoms with van der Waals surface area (Å²) >= 11 is 0. The zero-order valence-electron chi connectivity index (χ0n) is 14.1. The van der Waals surface area contributed by atoms with Crippen LogP contribution in [0.1, 0.15) is 50.2 Å². The van der Waals surface area contributed by atoms with Gasteiger partial charge in [-0.25, -0.2) is 0 Å². The van der Waals surface area contributed by atoms with Crippen molar-refractivity contribution in [2.75, 3.05) is 19.0 Å². The summed E-state index contributed by atoms with van der Waals surface area (Å²) < 4.78 is 11.3. The monoisotopic (exact) mass is 305 g/mol. The lowest BCUT2D eigenvalue weighted by atomic mass is 10.00. The van der Waals surface area contributed by atoms with Crippen LogP contribution in [0.5, 0.6) is 5.75 Å². The van der Waals surface area contributed by atoms with Crippen LogP contribution >= 0.6 is 0 Å². The number of benzene rings is 1. The van der Waals surface area contributed by atoms with Gasteiger partial charge in [-0.15, -0.1) is 0 Å². The second-order valence-corrected chi connectivity index (χ2v) is 6.15. The van der Waals surface area contributed by atoms with Crippen LogP contribution in [0.25, 0.3) is 0 Å². The van der Waals surface area contributed by atoms with Crippen LogP contribution in [-0.2, 0) is 9.53 Å². The van der Waals surface area contributed by atoms with Gasteiger partial charge in [-0.05, 0) is 69.2 Å². The van der Waals surface area contributed by atoms with Gasteiger partial charge in [0.25, 0.3) is 5.91 Å². The highest BCUT2D eigenvalue weighted by Crippen LogP contribution is 2.35. The molecule has 0 spiro atoms. The Morgan fingerprint density at radius 2 is 1.82 bits per heavy atom. The summed E-state index contributed by atoms with van der Waals surface area (Å²) in [6, 6.07) is 3.90. The summed E-state index contributed by atoms with van der Waals surface area (Å²) in [7, 11) is 1.67. The molecule has 1 aromatic carbocycles. The van der Waals surface area contributed by atoms with E-state index in [1.165, 1.54) is 0 Å². The minimum Gasteiger partial charge on any atom is -0.496 e. The molecule has 1 aromatic rings. The minimum absolute atomic E-state index is 0.0117. The first-order chi connectivity index (χ1) is 10.5. The molecule has 122 valence electrons. The summed E-state index contributed by atoms with van der Waals surface area (Å²) in [5.41, 5.74) is 2.21.